The minimum atomic E-state index is -0.0694. The Bertz CT molecular complexity index is 1080. The maximum absolute atomic E-state index is 13.1. The van der Waals surface area contributed by atoms with Crippen LogP contribution in [0.4, 0.5) is 5.69 Å². The largest absolute Gasteiger partial charge is 0.496 e. The Hall–Kier alpha value is -3.33. The van der Waals surface area contributed by atoms with Crippen molar-refractivity contribution in [3.8, 4) is 11.8 Å². The number of anilines is 1. The normalized spacial score (nSPS) is 20.2. The highest BCUT2D eigenvalue weighted by Gasteiger charge is 2.38. The van der Waals surface area contributed by atoms with E-state index >= 15 is 0 Å². The van der Waals surface area contributed by atoms with Gasteiger partial charge in [0.1, 0.15) is 5.75 Å². The van der Waals surface area contributed by atoms with Gasteiger partial charge in [0.25, 0.3) is 5.91 Å². The summed E-state index contributed by atoms with van der Waals surface area (Å²) < 4.78 is 5.34. The zero-order valence-corrected chi connectivity index (χ0v) is 18.2. The van der Waals surface area contributed by atoms with Gasteiger partial charge in [0.15, 0.2) is 0 Å². The molecular weight excluding hydrogens is 390 g/mol. The highest BCUT2D eigenvalue weighted by molar-refractivity contribution is 6.01. The van der Waals surface area contributed by atoms with Gasteiger partial charge in [0.2, 0.25) is 5.91 Å². The SMILES string of the molecule is COc1cc(NC(=O)C2CCC(N3Cc4c(C)ccc(C#N)c4C3=O)CC2)ccc1C. The Morgan fingerprint density at radius 3 is 2.52 bits per heavy atom. The summed E-state index contributed by atoms with van der Waals surface area (Å²) in [6.07, 6.45) is 3.05. The van der Waals surface area contributed by atoms with Gasteiger partial charge in [-0.15, -0.1) is 0 Å². The van der Waals surface area contributed by atoms with E-state index in [1.807, 2.05) is 43.0 Å². The molecule has 6 nitrogen and oxygen atoms in total. The molecule has 1 fully saturated rings. The number of hydrogen-bond donors (Lipinski definition) is 1. The lowest BCUT2D eigenvalue weighted by Crippen LogP contribution is -2.40. The van der Waals surface area contributed by atoms with Gasteiger partial charge in [-0.3, -0.25) is 9.59 Å². The molecule has 4 rings (SSSR count). The number of nitriles is 1. The molecule has 0 unspecified atom stereocenters. The summed E-state index contributed by atoms with van der Waals surface area (Å²) in [5, 5.41) is 12.4. The molecule has 1 heterocycles. The summed E-state index contributed by atoms with van der Waals surface area (Å²) in [5.74, 6) is 0.651. The molecule has 6 heteroatoms. The van der Waals surface area contributed by atoms with Crippen molar-refractivity contribution in [1.29, 1.82) is 5.26 Å². The first-order valence-corrected chi connectivity index (χ1v) is 10.7. The third-order valence-electron chi connectivity index (χ3n) is 6.65. The first-order chi connectivity index (χ1) is 14.9. The molecule has 2 aromatic carbocycles. The predicted molar refractivity (Wildman–Crippen MR) is 118 cm³/mol. The van der Waals surface area contributed by atoms with Crippen LogP contribution in [-0.2, 0) is 11.3 Å². The molecule has 2 aliphatic rings. The van der Waals surface area contributed by atoms with Gasteiger partial charge in [-0.2, -0.15) is 5.26 Å². The summed E-state index contributed by atoms with van der Waals surface area (Å²) in [6.45, 7) is 4.50. The lowest BCUT2D eigenvalue weighted by Gasteiger charge is -2.34. The second-order valence-corrected chi connectivity index (χ2v) is 8.51. The van der Waals surface area contributed by atoms with Gasteiger partial charge in [-0.25, -0.2) is 0 Å². The smallest absolute Gasteiger partial charge is 0.256 e. The second kappa shape index (κ2) is 8.43. The molecule has 0 saturated heterocycles. The molecule has 1 aliphatic heterocycles. The lowest BCUT2D eigenvalue weighted by atomic mass is 9.84. The van der Waals surface area contributed by atoms with Crippen LogP contribution in [0.15, 0.2) is 30.3 Å². The van der Waals surface area contributed by atoms with Crippen LogP contribution in [0, 0.1) is 31.1 Å². The molecule has 0 radical (unpaired) electrons. The Labute approximate surface area is 182 Å². The number of ether oxygens (including phenoxy) is 1. The maximum Gasteiger partial charge on any atom is 0.256 e. The average molecular weight is 418 g/mol. The standard InChI is InChI=1S/C25H27N3O3/c1-15-4-6-18(13-26)23-21(15)14-28(25(23)30)20-10-7-17(8-11-20)24(29)27-19-9-5-16(2)22(12-19)31-3/h4-6,9,12,17,20H,7-8,10-11,14H2,1-3H3,(H,27,29). The highest BCUT2D eigenvalue weighted by atomic mass is 16.5. The molecule has 0 aromatic heterocycles. The van der Waals surface area contributed by atoms with E-state index in [2.05, 4.69) is 11.4 Å². The third kappa shape index (κ3) is 3.88. The molecule has 0 bridgehead atoms. The summed E-state index contributed by atoms with van der Waals surface area (Å²) in [5.41, 5.74) is 4.79. The van der Waals surface area contributed by atoms with E-state index in [0.29, 0.717) is 17.7 Å². The Kier molecular flexibility index (Phi) is 5.69. The zero-order chi connectivity index (χ0) is 22.1. The third-order valence-corrected chi connectivity index (χ3v) is 6.65. The van der Waals surface area contributed by atoms with Gasteiger partial charge in [-0.1, -0.05) is 12.1 Å². The number of carbonyl (C=O) groups is 2. The molecule has 31 heavy (non-hydrogen) atoms. The molecular formula is C25H27N3O3. The van der Waals surface area contributed by atoms with Crippen molar-refractivity contribution >= 4 is 17.5 Å². The highest BCUT2D eigenvalue weighted by Crippen LogP contribution is 2.36. The van der Waals surface area contributed by atoms with E-state index < -0.39 is 0 Å². The molecule has 1 saturated carbocycles. The van der Waals surface area contributed by atoms with Crippen molar-refractivity contribution in [3.05, 3.63) is 58.1 Å². The predicted octanol–water partition coefficient (Wildman–Crippen LogP) is 4.34. The van der Waals surface area contributed by atoms with Crippen LogP contribution >= 0.6 is 0 Å². The van der Waals surface area contributed by atoms with E-state index in [-0.39, 0.29) is 23.8 Å². The number of fused-ring (bicyclic) bond motifs is 1. The topological polar surface area (TPSA) is 82.4 Å². The Balaban J connectivity index is 1.39. The van der Waals surface area contributed by atoms with Crippen LogP contribution < -0.4 is 10.1 Å². The first-order valence-electron chi connectivity index (χ1n) is 10.7. The van der Waals surface area contributed by atoms with Crippen LogP contribution in [0.25, 0.3) is 0 Å². The summed E-state index contributed by atoms with van der Waals surface area (Å²) in [7, 11) is 1.62. The van der Waals surface area contributed by atoms with Gasteiger partial charge in [-0.05, 0) is 68.4 Å². The number of hydrogen-bond acceptors (Lipinski definition) is 4. The molecule has 2 aromatic rings. The molecule has 1 aliphatic carbocycles. The Morgan fingerprint density at radius 1 is 1.13 bits per heavy atom. The van der Waals surface area contributed by atoms with Gasteiger partial charge < -0.3 is 15.0 Å². The number of amides is 2. The fourth-order valence-corrected chi connectivity index (χ4v) is 4.77. The fraction of sp³-hybridized carbons (Fsp3) is 0.400. The lowest BCUT2D eigenvalue weighted by molar-refractivity contribution is -0.121. The number of aryl methyl sites for hydroxylation is 2. The number of rotatable bonds is 4. The van der Waals surface area contributed by atoms with Crippen molar-refractivity contribution in [2.75, 3.05) is 12.4 Å². The maximum atomic E-state index is 13.1. The minimum Gasteiger partial charge on any atom is -0.496 e. The van der Waals surface area contributed by atoms with Gasteiger partial charge >= 0.3 is 0 Å². The molecule has 1 N–H and O–H groups in total. The van der Waals surface area contributed by atoms with Crippen molar-refractivity contribution in [2.24, 2.45) is 5.92 Å². The van der Waals surface area contributed by atoms with E-state index in [4.69, 9.17) is 4.74 Å². The van der Waals surface area contributed by atoms with E-state index in [0.717, 1.165) is 53.8 Å². The number of carbonyl (C=O) groups excluding carboxylic acids is 2. The summed E-state index contributed by atoms with van der Waals surface area (Å²) in [4.78, 5) is 27.7. The van der Waals surface area contributed by atoms with Crippen molar-refractivity contribution in [2.45, 2.75) is 52.1 Å². The van der Waals surface area contributed by atoms with Gasteiger partial charge in [0.05, 0.1) is 24.3 Å². The van der Waals surface area contributed by atoms with Crippen LogP contribution in [0.3, 0.4) is 0 Å². The van der Waals surface area contributed by atoms with Crippen LogP contribution in [0.2, 0.25) is 0 Å². The molecule has 2 amide bonds. The van der Waals surface area contributed by atoms with Crippen LogP contribution in [0.1, 0.15) is 58.3 Å². The minimum absolute atomic E-state index is 0.0167. The monoisotopic (exact) mass is 417 g/mol. The first kappa shape index (κ1) is 20.9. The van der Waals surface area contributed by atoms with E-state index in [9.17, 15) is 14.9 Å². The fourth-order valence-electron chi connectivity index (χ4n) is 4.77. The number of nitrogens with one attached hydrogen (secondary N) is 1. The van der Waals surface area contributed by atoms with Crippen molar-refractivity contribution < 1.29 is 14.3 Å². The Morgan fingerprint density at radius 2 is 1.84 bits per heavy atom. The number of benzene rings is 2. The second-order valence-electron chi connectivity index (χ2n) is 8.51. The van der Waals surface area contributed by atoms with E-state index in [1.54, 1.807) is 13.2 Å². The molecule has 160 valence electrons. The zero-order valence-electron chi connectivity index (χ0n) is 18.2. The quantitative estimate of drug-likeness (QED) is 0.802. The summed E-state index contributed by atoms with van der Waals surface area (Å²) in [6, 6.07) is 11.6. The number of methoxy groups -OCH3 is 1. The molecule has 0 atom stereocenters. The van der Waals surface area contributed by atoms with Crippen molar-refractivity contribution in [1.82, 2.24) is 4.90 Å². The van der Waals surface area contributed by atoms with Crippen LogP contribution in [0.5, 0.6) is 5.75 Å². The number of nitrogens with zero attached hydrogens (tertiary/aromatic N) is 2. The summed E-state index contributed by atoms with van der Waals surface area (Å²) >= 11 is 0. The van der Waals surface area contributed by atoms with Crippen LogP contribution in [-0.4, -0.2) is 29.9 Å². The van der Waals surface area contributed by atoms with Crippen molar-refractivity contribution in [3.63, 3.8) is 0 Å². The molecule has 0 spiro atoms. The average Bonchev–Trinajstić information content (AvgIpc) is 3.14. The van der Waals surface area contributed by atoms with E-state index in [1.165, 1.54) is 0 Å². The van der Waals surface area contributed by atoms with Gasteiger partial charge in [0, 0.05) is 30.3 Å².